The van der Waals surface area contributed by atoms with Crippen molar-refractivity contribution in [1.82, 2.24) is 0 Å². The van der Waals surface area contributed by atoms with Crippen molar-refractivity contribution in [1.29, 1.82) is 0 Å². The van der Waals surface area contributed by atoms with Crippen LogP contribution in [0.2, 0.25) is 0 Å². The first-order chi connectivity index (χ1) is 9.52. The lowest BCUT2D eigenvalue weighted by atomic mass is 10.0. The molecule has 2 aromatic carbocycles. The number of hydrogen-bond donors (Lipinski definition) is 1. The van der Waals surface area contributed by atoms with Crippen LogP contribution in [0.1, 0.15) is 22.7 Å². The van der Waals surface area contributed by atoms with Gasteiger partial charge in [-0.3, -0.25) is 0 Å². The van der Waals surface area contributed by atoms with Gasteiger partial charge < -0.3 is 10.6 Å². The highest BCUT2D eigenvalue weighted by atomic mass is 19.1. The van der Waals surface area contributed by atoms with E-state index >= 15 is 0 Å². The van der Waals surface area contributed by atoms with E-state index < -0.39 is 0 Å². The average molecular weight is 272 g/mol. The molecule has 0 radical (unpaired) electrons. The van der Waals surface area contributed by atoms with Gasteiger partial charge in [0.15, 0.2) is 0 Å². The van der Waals surface area contributed by atoms with Crippen LogP contribution in [0.15, 0.2) is 42.5 Å². The number of nitrogens with two attached hydrogens (primary N) is 1. The van der Waals surface area contributed by atoms with Gasteiger partial charge in [-0.2, -0.15) is 0 Å². The summed E-state index contributed by atoms with van der Waals surface area (Å²) in [5.41, 5.74) is 9.94. The summed E-state index contributed by atoms with van der Waals surface area (Å²) in [5.74, 6) is -0.178. The van der Waals surface area contributed by atoms with Crippen LogP contribution in [-0.2, 0) is 0 Å². The number of anilines is 1. The normalized spacial score (nSPS) is 12.2. The van der Waals surface area contributed by atoms with Gasteiger partial charge in [0.05, 0.1) is 6.04 Å². The van der Waals surface area contributed by atoms with Crippen LogP contribution in [0.5, 0.6) is 0 Å². The van der Waals surface area contributed by atoms with Crippen molar-refractivity contribution in [2.45, 2.75) is 19.9 Å². The Morgan fingerprint density at radius 3 is 2.30 bits per heavy atom. The molecule has 20 heavy (non-hydrogen) atoms. The van der Waals surface area contributed by atoms with Gasteiger partial charge in [-0.15, -0.1) is 0 Å². The molecule has 1 unspecified atom stereocenters. The lowest BCUT2D eigenvalue weighted by molar-refractivity contribution is 0.613. The Morgan fingerprint density at radius 1 is 1.10 bits per heavy atom. The Labute approximate surface area is 120 Å². The highest BCUT2D eigenvalue weighted by Gasteiger charge is 2.16. The molecule has 0 bridgehead atoms. The first kappa shape index (κ1) is 14.5. The van der Waals surface area contributed by atoms with E-state index in [1.54, 1.807) is 6.92 Å². The molecule has 1 atom stereocenters. The lowest BCUT2D eigenvalue weighted by Crippen LogP contribution is -2.30. The third kappa shape index (κ3) is 2.99. The minimum atomic E-state index is -0.178. The molecular formula is C17H21FN2. The summed E-state index contributed by atoms with van der Waals surface area (Å²) in [4.78, 5) is 2.13. The third-order valence-electron chi connectivity index (χ3n) is 3.70. The third-order valence-corrected chi connectivity index (χ3v) is 3.70. The van der Waals surface area contributed by atoms with Crippen molar-refractivity contribution < 1.29 is 4.39 Å². The van der Waals surface area contributed by atoms with Gasteiger partial charge in [-0.05, 0) is 43.2 Å². The van der Waals surface area contributed by atoms with E-state index in [4.69, 9.17) is 5.73 Å². The molecule has 0 aromatic heterocycles. The second kappa shape index (κ2) is 6.06. The van der Waals surface area contributed by atoms with E-state index in [9.17, 15) is 4.39 Å². The van der Waals surface area contributed by atoms with Gasteiger partial charge >= 0.3 is 0 Å². The summed E-state index contributed by atoms with van der Waals surface area (Å²) in [7, 11) is 2.01. The van der Waals surface area contributed by atoms with Gasteiger partial charge in [-0.1, -0.05) is 29.8 Å². The Morgan fingerprint density at radius 2 is 1.75 bits per heavy atom. The molecule has 0 spiro atoms. The van der Waals surface area contributed by atoms with Crippen molar-refractivity contribution in [3.05, 3.63) is 65.0 Å². The highest BCUT2D eigenvalue weighted by molar-refractivity contribution is 5.49. The minimum Gasteiger partial charge on any atom is -0.366 e. The van der Waals surface area contributed by atoms with E-state index in [0.29, 0.717) is 12.1 Å². The van der Waals surface area contributed by atoms with Crippen LogP contribution >= 0.6 is 0 Å². The first-order valence-corrected chi connectivity index (χ1v) is 6.78. The summed E-state index contributed by atoms with van der Waals surface area (Å²) >= 11 is 0. The van der Waals surface area contributed by atoms with Gasteiger partial charge in [-0.25, -0.2) is 4.39 Å². The number of aryl methyl sites for hydroxylation is 2. The molecule has 2 rings (SSSR count). The first-order valence-electron chi connectivity index (χ1n) is 6.78. The molecule has 2 aromatic rings. The van der Waals surface area contributed by atoms with Gasteiger partial charge in [0.25, 0.3) is 0 Å². The van der Waals surface area contributed by atoms with E-state index in [1.807, 2.05) is 19.2 Å². The van der Waals surface area contributed by atoms with Crippen molar-refractivity contribution in [2.24, 2.45) is 5.73 Å². The molecule has 106 valence electrons. The van der Waals surface area contributed by atoms with Crippen molar-refractivity contribution in [3.63, 3.8) is 0 Å². The van der Waals surface area contributed by atoms with Crippen molar-refractivity contribution >= 4 is 5.69 Å². The van der Waals surface area contributed by atoms with E-state index in [2.05, 4.69) is 36.1 Å². The molecule has 0 fully saturated rings. The Bertz CT molecular complexity index is 578. The molecule has 2 nitrogen and oxygen atoms in total. The maximum Gasteiger partial charge on any atom is 0.126 e. The molecule has 3 heteroatoms. The summed E-state index contributed by atoms with van der Waals surface area (Å²) in [5, 5.41) is 0. The molecule has 2 N–H and O–H groups in total. The largest absolute Gasteiger partial charge is 0.366 e. The van der Waals surface area contributed by atoms with E-state index in [1.165, 1.54) is 11.6 Å². The van der Waals surface area contributed by atoms with Crippen LogP contribution in [0.4, 0.5) is 10.1 Å². The smallest absolute Gasteiger partial charge is 0.126 e. The molecule has 0 saturated carbocycles. The fourth-order valence-corrected chi connectivity index (χ4v) is 2.35. The van der Waals surface area contributed by atoms with Gasteiger partial charge in [0, 0.05) is 19.3 Å². The number of likely N-dealkylation sites (N-methyl/N-ethyl adjacent to an activating group) is 1. The zero-order chi connectivity index (χ0) is 14.7. The van der Waals surface area contributed by atoms with Crippen LogP contribution in [0.3, 0.4) is 0 Å². The molecule has 0 aliphatic heterocycles. The SMILES string of the molecule is Cc1ccc(N(C)C(CN)c2ccc(F)c(C)c2)cc1. The second-order valence-corrected chi connectivity index (χ2v) is 5.21. The maximum absolute atomic E-state index is 13.4. The maximum atomic E-state index is 13.4. The zero-order valence-electron chi connectivity index (χ0n) is 12.2. The monoisotopic (exact) mass is 272 g/mol. The Balaban J connectivity index is 2.31. The fraction of sp³-hybridized carbons (Fsp3) is 0.294. The van der Waals surface area contributed by atoms with Crippen LogP contribution in [0.25, 0.3) is 0 Å². The molecule has 0 aliphatic carbocycles. The number of halogens is 1. The minimum absolute atomic E-state index is 0.0389. The topological polar surface area (TPSA) is 29.3 Å². The summed E-state index contributed by atoms with van der Waals surface area (Å²) in [6.07, 6.45) is 0. The standard InChI is InChI=1S/C17H21FN2/c1-12-4-7-15(8-5-12)20(3)17(11-19)14-6-9-16(18)13(2)10-14/h4-10,17H,11,19H2,1-3H3. The quantitative estimate of drug-likeness (QED) is 0.921. The molecular weight excluding hydrogens is 251 g/mol. The highest BCUT2D eigenvalue weighted by Crippen LogP contribution is 2.26. The average Bonchev–Trinajstić information content (AvgIpc) is 2.44. The fourth-order valence-electron chi connectivity index (χ4n) is 2.35. The van der Waals surface area contributed by atoms with Crippen LogP contribution in [-0.4, -0.2) is 13.6 Å². The van der Waals surface area contributed by atoms with E-state index in [-0.39, 0.29) is 11.9 Å². The number of rotatable bonds is 4. The lowest BCUT2D eigenvalue weighted by Gasteiger charge is -2.30. The van der Waals surface area contributed by atoms with Gasteiger partial charge in [0.2, 0.25) is 0 Å². The van der Waals surface area contributed by atoms with Crippen molar-refractivity contribution in [2.75, 3.05) is 18.5 Å². The van der Waals surface area contributed by atoms with Crippen LogP contribution in [0, 0.1) is 19.7 Å². The molecule has 0 aliphatic rings. The number of hydrogen-bond acceptors (Lipinski definition) is 2. The predicted molar refractivity (Wildman–Crippen MR) is 82.5 cm³/mol. The number of nitrogens with zero attached hydrogens (tertiary/aromatic N) is 1. The Hall–Kier alpha value is -1.87. The summed E-state index contributed by atoms with van der Waals surface area (Å²) in [6, 6.07) is 13.5. The molecule has 0 saturated heterocycles. The predicted octanol–water partition coefficient (Wildman–Crippen LogP) is 3.58. The van der Waals surface area contributed by atoms with Crippen molar-refractivity contribution in [3.8, 4) is 0 Å². The Kier molecular flexibility index (Phi) is 4.40. The molecule has 0 heterocycles. The molecule has 0 amide bonds. The van der Waals surface area contributed by atoms with Crippen LogP contribution < -0.4 is 10.6 Å². The summed E-state index contributed by atoms with van der Waals surface area (Å²) < 4.78 is 13.4. The zero-order valence-corrected chi connectivity index (χ0v) is 12.2. The van der Waals surface area contributed by atoms with E-state index in [0.717, 1.165) is 11.3 Å². The second-order valence-electron chi connectivity index (χ2n) is 5.21. The van der Waals surface area contributed by atoms with Gasteiger partial charge in [0.1, 0.15) is 5.82 Å². The summed E-state index contributed by atoms with van der Waals surface area (Å²) in [6.45, 7) is 4.32. The number of benzene rings is 2.